The number of carbonyl (C=O) groups excluding carboxylic acids is 1. The van der Waals surface area contributed by atoms with Crippen molar-refractivity contribution in [2.45, 2.75) is 38.6 Å². The van der Waals surface area contributed by atoms with E-state index in [1.807, 2.05) is 12.1 Å². The lowest BCUT2D eigenvalue weighted by Crippen LogP contribution is -2.29. The van der Waals surface area contributed by atoms with Gasteiger partial charge in [-0.1, -0.05) is 12.1 Å². The molecule has 35 heavy (non-hydrogen) atoms. The molecule has 1 aromatic heterocycles. The van der Waals surface area contributed by atoms with E-state index in [9.17, 15) is 22.0 Å². The van der Waals surface area contributed by atoms with Crippen LogP contribution in [0.2, 0.25) is 0 Å². The van der Waals surface area contributed by atoms with Gasteiger partial charge in [0.15, 0.2) is 17.9 Å². The second-order valence-electron chi connectivity index (χ2n) is 8.14. The monoisotopic (exact) mass is 507 g/mol. The molecule has 186 valence electrons. The fraction of sp³-hybridized carbons (Fsp3) is 0.304. The van der Waals surface area contributed by atoms with Crippen molar-refractivity contribution in [2.24, 2.45) is 0 Å². The van der Waals surface area contributed by atoms with Crippen LogP contribution >= 0.6 is 0 Å². The van der Waals surface area contributed by atoms with Crippen LogP contribution in [-0.2, 0) is 22.9 Å². The number of halogens is 2. The van der Waals surface area contributed by atoms with E-state index in [2.05, 4.69) is 16.4 Å². The van der Waals surface area contributed by atoms with Crippen molar-refractivity contribution in [2.75, 3.05) is 11.0 Å². The molecule has 0 fully saturated rings. The van der Waals surface area contributed by atoms with Gasteiger partial charge in [-0.3, -0.25) is 4.72 Å². The van der Waals surface area contributed by atoms with Gasteiger partial charge in [0.2, 0.25) is 10.0 Å². The van der Waals surface area contributed by atoms with Gasteiger partial charge < -0.3 is 19.2 Å². The molecule has 1 amide bonds. The number of aryl methyl sites for hydroxylation is 1. The SMILES string of the molecule is CC(NC(=O)Oc1coc(Oc2cccc3c2CCCC3)n1)c1cc(F)c(NS(C)(=O)=O)c(F)c1. The topological polar surface area (TPSA) is 120 Å². The number of ether oxygens (including phenoxy) is 2. The average molecular weight is 508 g/mol. The maximum absolute atomic E-state index is 14.2. The summed E-state index contributed by atoms with van der Waals surface area (Å²) in [5, 5.41) is 2.41. The summed E-state index contributed by atoms with van der Waals surface area (Å²) in [5.41, 5.74) is 1.57. The smallest absolute Gasteiger partial charge is 0.413 e. The fourth-order valence-corrected chi connectivity index (χ4v) is 4.35. The quantitative estimate of drug-likeness (QED) is 0.469. The minimum Gasteiger partial charge on any atom is -0.413 e. The number of anilines is 1. The third-order valence-electron chi connectivity index (χ3n) is 5.40. The molecular formula is C23H23F2N3O6S. The first-order chi connectivity index (χ1) is 16.6. The number of sulfonamides is 1. The van der Waals surface area contributed by atoms with Crippen LogP contribution in [-0.4, -0.2) is 25.8 Å². The zero-order valence-corrected chi connectivity index (χ0v) is 19.7. The van der Waals surface area contributed by atoms with E-state index in [0.717, 1.165) is 55.9 Å². The molecule has 1 atom stereocenters. The largest absolute Gasteiger partial charge is 0.414 e. The molecule has 9 nitrogen and oxygen atoms in total. The van der Waals surface area contributed by atoms with E-state index >= 15 is 0 Å². The first-order valence-corrected chi connectivity index (χ1v) is 12.7. The molecule has 0 saturated heterocycles. The lowest BCUT2D eigenvalue weighted by atomic mass is 9.91. The predicted octanol–water partition coefficient (Wildman–Crippen LogP) is 4.85. The molecule has 1 heterocycles. The van der Waals surface area contributed by atoms with Crippen molar-refractivity contribution in [3.63, 3.8) is 0 Å². The van der Waals surface area contributed by atoms with E-state index in [0.29, 0.717) is 5.75 Å². The minimum absolute atomic E-state index is 0.0500. The van der Waals surface area contributed by atoms with Gasteiger partial charge in [-0.15, -0.1) is 4.98 Å². The number of nitrogens with zero attached hydrogens (tertiary/aromatic N) is 1. The summed E-state index contributed by atoms with van der Waals surface area (Å²) in [5.74, 6) is -1.80. The van der Waals surface area contributed by atoms with Gasteiger partial charge in [0.25, 0.3) is 5.88 Å². The second-order valence-corrected chi connectivity index (χ2v) is 9.89. The Bertz CT molecular complexity index is 1340. The molecular weight excluding hydrogens is 484 g/mol. The maximum atomic E-state index is 14.2. The van der Waals surface area contributed by atoms with Crippen molar-refractivity contribution in [1.82, 2.24) is 10.3 Å². The number of rotatable bonds is 7. The molecule has 4 rings (SSSR count). The first kappa shape index (κ1) is 24.5. The number of oxazole rings is 1. The van der Waals surface area contributed by atoms with Crippen LogP contribution in [0, 0.1) is 11.6 Å². The molecule has 1 unspecified atom stereocenters. The molecule has 0 spiro atoms. The number of amides is 1. The highest BCUT2D eigenvalue weighted by Gasteiger charge is 2.20. The lowest BCUT2D eigenvalue weighted by molar-refractivity contribution is 0.195. The molecule has 0 radical (unpaired) electrons. The van der Waals surface area contributed by atoms with Gasteiger partial charge >= 0.3 is 12.2 Å². The number of fused-ring (bicyclic) bond motifs is 1. The minimum atomic E-state index is -3.88. The Kier molecular flexibility index (Phi) is 6.92. The summed E-state index contributed by atoms with van der Waals surface area (Å²) < 4.78 is 68.8. The van der Waals surface area contributed by atoms with Crippen LogP contribution in [0.15, 0.2) is 41.0 Å². The van der Waals surface area contributed by atoms with Gasteiger partial charge in [-0.2, -0.15) is 0 Å². The average Bonchev–Trinajstić information content (AvgIpc) is 3.22. The second kappa shape index (κ2) is 9.90. The zero-order chi connectivity index (χ0) is 25.2. The van der Waals surface area contributed by atoms with Crippen molar-refractivity contribution in [3.8, 4) is 17.7 Å². The van der Waals surface area contributed by atoms with Crippen molar-refractivity contribution in [3.05, 3.63) is 64.9 Å². The van der Waals surface area contributed by atoms with Crippen LogP contribution in [0.1, 0.15) is 42.5 Å². The standard InChI is InChI=1S/C23H23F2N3O6S/c1-13(15-10-17(24)21(18(25)11-15)28-35(2,30)31)26-22(29)34-20-12-32-23(27-20)33-19-9-5-7-14-6-3-4-8-16(14)19/h5,7,9-13,28H,3-4,6,8H2,1-2H3,(H,26,29). The molecule has 2 N–H and O–H groups in total. The van der Waals surface area contributed by atoms with Crippen LogP contribution < -0.4 is 19.5 Å². The highest BCUT2D eigenvalue weighted by atomic mass is 32.2. The van der Waals surface area contributed by atoms with Crippen LogP contribution in [0.25, 0.3) is 0 Å². The Morgan fingerprint density at radius 3 is 2.60 bits per heavy atom. The molecule has 1 aliphatic rings. The summed E-state index contributed by atoms with van der Waals surface area (Å²) in [7, 11) is -3.88. The summed E-state index contributed by atoms with van der Waals surface area (Å²) in [6.45, 7) is 1.47. The molecule has 0 aliphatic heterocycles. The molecule has 3 aromatic rings. The van der Waals surface area contributed by atoms with Crippen LogP contribution in [0.3, 0.4) is 0 Å². The Morgan fingerprint density at radius 1 is 1.17 bits per heavy atom. The number of benzene rings is 2. The molecule has 12 heteroatoms. The van der Waals surface area contributed by atoms with Crippen LogP contribution in [0.5, 0.6) is 17.7 Å². The van der Waals surface area contributed by atoms with Gasteiger partial charge in [0, 0.05) is 0 Å². The van der Waals surface area contributed by atoms with Gasteiger partial charge in [-0.25, -0.2) is 22.0 Å². The molecule has 2 aromatic carbocycles. The van der Waals surface area contributed by atoms with Gasteiger partial charge in [0.1, 0.15) is 11.4 Å². The summed E-state index contributed by atoms with van der Waals surface area (Å²) in [6.07, 6.45) is 4.89. The Labute approximate surface area is 200 Å². The maximum Gasteiger partial charge on any atom is 0.414 e. The third-order valence-corrected chi connectivity index (χ3v) is 5.97. The highest BCUT2D eigenvalue weighted by molar-refractivity contribution is 7.92. The van der Waals surface area contributed by atoms with E-state index < -0.39 is 39.5 Å². The lowest BCUT2D eigenvalue weighted by Gasteiger charge is -2.17. The number of nitrogens with one attached hydrogen (secondary N) is 2. The van der Waals surface area contributed by atoms with E-state index in [4.69, 9.17) is 13.9 Å². The highest BCUT2D eigenvalue weighted by Crippen LogP contribution is 2.33. The number of carbonyl (C=O) groups is 1. The number of aromatic nitrogens is 1. The molecule has 0 bridgehead atoms. The Balaban J connectivity index is 1.38. The number of hydrogen-bond donors (Lipinski definition) is 2. The Morgan fingerprint density at radius 2 is 1.89 bits per heavy atom. The third kappa shape index (κ3) is 6.07. The summed E-state index contributed by atoms with van der Waals surface area (Å²) >= 11 is 0. The van der Waals surface area contributed by atoms with E-state index in [1.54, 1.807) is 4.72 Å². The van der Waals surface area contributed by atoms with Crippen LogP contribution in [0.4, 0.5) is 19.3 Å². The van der Waals surface area contributed by atoms with Crippen molar-refractivity contribution in [1.29, 1.82) is 0 Å². The first-order valence-electron chi connectivity index (χ1n) is 10.8. The van der Waals surface area contributed by atoms with E-state index in [-0.39, 0.29) is 17.5 Å². The molecule has 1 aliphatic carbocycles. The summed E-state index contributed by atoms with van der Waals surface area (Å²) in [6, 6.07) is 6.71. The van der Waals surface area contributed by atoms with Crippen molar-refractivity contribution < 1.29 is 35.9 Å². The fourth-order valence-electron chi connectivity index (χ4n) is 3.78. The van der Waals surface area contributed by atoms with Crippen molar-refractivity contribution >= 4 is 21.8 Å². The van der Waals surface area contributed by atoms with E-state index in [1.165, 1.54) is 12.5 Å². The van der Waals surface area contributed by atoms with Gasteiger partial charge in [0.05, 0.1) is 12.3 Å². The zero-order valence-electron chi connectivity index (χ0n) is 18.9. The predicted molar refractivity (Wildman–Crippen MR) is 122 cm³/mol. The Hall–Kier alpha value is -3.67. The number of hydrogen-bond acceptors (Lipinski definition) is 7. The normalized spacial score (nSPS) is 14.1. The van der Waals surface area contributed by atoms with Gasteiger partial charge in [-0.05, 0) is 67.5 Å². The summed E-state index contributed by atoms with van der Waals surface area (Å²) in [4.78, 5) is 16.2. The molecule has 0 saturated carbocycles.